The van der Waals surface area contributed by atoms with Crippen molar-refractivity contribution < 1.29 is 18.0 Å². The van der Waals surface area contributed by atoms with E-state index < -0.39 is 23.4 Å². The summed E-state index contributed by atoms with van der Waals surface area (Å²) in [5.41, 5.74) is -0.100. The fourth-order valence-corrected chi connectivity index (χ4v) is 1.10. The van der Waals surface area contributed by atoms with Gasteiger partial charge < -0.3 is 5.32 Å². The van der Waals surface area contributed by atoms with Crippen molar-refractivity contribution in [1.82, 2.24) is 5.32 Å². The first kappa shape index (κ1) is 12.3. The molecule has 1 N–H and O–H groups in total. The van der Waals surface area contributed by atoms with Crippen molar-refractivity contribution in [2.24, 2.45) is 0 Å². The van der Waals surface area contributed by atoms with Gasteiger partial charge in [-0.1, -0.05) is 12.1 Å². The highest BCUT2D eigenvalue weighted by atomic mass is 19.2. The molecule has 0 aliphatic rings. The summed E-state index contributed by atoms with van der Waals surface area (Å²) >= 11 is 0. The summed E-state index contributed by atoms with van der Waals surface area (Å²) < 4.78 is 38.5. The van der Waals surface area contributed by atoms with Gasteiger partial charge in [0.1, 0.15) is 0 Å². The van der Waals surface area contributed by atoms with E-state index in [0.29, 0.717) is 0 Å². The summed E-state index contributed by atoms with van der Waals surface area (Å²) in [6.07, 6.45) is 2.76. The molecule has 0 saturated carbocycles. The van der Waals surface area contributed by atoms with E-state index in [-0.39, 0.29) is 12.1 Å². The predicted octanol–water partition coefficient (Wildman–Crippen LogP) is 2.30. The fraction of sp³-hybridized carbons (Fsp3) is 0.182. The van der Waals surface area contributed by atoms with Gasteiger partial charge in [0.2, 0.25) is 5.91 Å². The molecule has 0 heterocycles. The van der Waals surface area contributed by atoms with Crippen molar-refractivity contribution in [3.8, 4) is 0 Å². The molecular weight excluding hydrogens is 219 g/mol. The van der Waals surface area contributed by atoms with Gasteiger partial charge in [-0.3, -0.25) is 4.79 Å². The molecule has 0 unspecified atom stereocenters. The molecule has 0 radical (unpaired) electrons. The van der Waals surface area contributed by atoms with E-state index in [4.69, 9.17) is 0 Å². The zero-order valence-electron chi connectivity index (χ0n) is 8.56. The van der Waals surface area contributed by atoms with Gasteiger partial charge in [0.25, 0.3) is 0 Å². The van der Waals surface area contributed by atoms with Gasteiger partial charge in [-0.25, -0.2) is 13.2 Å². The van der Waals surface area contributed by atoms with E-state index in [0.717, 1.165) is 12.1 Å². The molecule has 1 amide bonds. The molecule has 0 fully saturated rings. The number of rotatable bonds is 3. The normalized spacial score (nSPS) is 10.8. The molecule has 16 heavy (non-hydrogen) atoms. The molecule has 0 spiro atoms. The van der Waals surface area contributed by atoms with Crippen LogP contribution < -0.4 is 5.32 Å². The maximum absolute atomic E-state index is 13.1. The number of halogens is 3. The second-order valence-corrected chi connectivity index (χ2v) is 3.05. The minimum Gasteiger partial charge on any atom is -0.348 e. The van der Waals surface area contributed by atoms with Crippen molar-refractivity contribution >= 4 is 5.91 Å². The highest BCUT2D eigenvalue weighted by molar-refractivity contribution is 5.87. The standard InChI is InChI=1S/C11H10F3NO/c1-2-3-9(16)15-6-7-4-5-8(12)11(14)10(7)13/h2-5H,6H2,1H3,(H,15,16)/b3-2+. The Morgan fingerprint density at radius 3 is 2.62 bits per heavy atom. The maximum atomic E-state index is 13.1. The second-order valence-electron chi connectivity index (χ2n) is 3.05. The van der Waals surface area contributed by atoms with Crippen molar-refractivity contribution in [2.75, 3.05) is 0 Å². The van der Waals surface area contributed by atoms with E-state index in [1.165, 1.54) is 12.2 Å². The molecule has 0 aromatic heterocycles. The van der Waals surface area contributed by atoms with Crippen LogP contribution in [-0.2, 0) is 11.3 Å². The van der Waals surface area contributed by atoms with E-state index in [1.54, 1.807) is 6.92 Å². The number of allylic oxidation sites excluding steroid dienone is 1. The first-order valence-electron chi connectivity index (χ1n) is 4.59. The molecule has 0 aliphatic heterocycles. The summed E-state index contributed by atoms with van der Waals surface area (Å²) in [7, 11) is 0. The Labute approximate surface area is 90.8 Å². The lowest BCUT2D eigenvalue weighted by Crippen LogP contribution is -2.21. The van der Waals surface area contributed by atoms with Crippen LogP contribution in [0.2, 0.25) is 0 Å². The minimum absolute atomic E-state index is 0.100. The smallest absolute Gasteiger partial charge is 0.243 e. The third kappa shape index (κ3) is 2.85. The molecule has 5 heteroatoms. The Hall–Kier alpha value is -1.78. The van der Waals surface area contributed by atoms with Crippen LogP contribution in [0, 0.1) is 17.5 Å². The first-order chi connectivity index (χ1) is 7.56. The van der Waals surface area contributed by atoms with Gasteiger partial charge in [0, 0.05) is 12.1 Å². The van der Waals surface area contributed by atoms with Crippen LogP contribution in [0.4, 0.5) is 13.2 Å². The molecule has 2 nitrogen and oxygen atoms in total. The average molecular weight is 229 g/mol. The van der Waals surface area contributed by atoms with Crippen LogP contribution in [0.15, 0.2) is 24.3 Å². The topological polar surface area (TPSA) is 29.1 Å². The second kappa shape index (κ2) is 5.34. The summed E-state index contributed by atoms with van der Waals surface area (Å²) in [5.74, 6) is -4.48. The van der Waals surface area contributed by atoms with Crippen LogP contribution in [0.25, 0.3) is 0 Å². The zero-order valence-corrected chi connectivity index (χ0v) is 8.56. The molecule has 86 valence electrons. The van der Waals surface area contributed by atoms with Gasteiger partial charge in [-0.2, -0.15) is 0 Å². The van der Waals surface area contributed by atoms with Crippen LogP contribution in [-0.4, -0.2) is 5.91 Å². The van der Waals surface area contributed by atoms with Crippen molar-refractivity contribution in [2.45, 2.75) is 13.5 Å². The van der Waals surface area contributed by atoms with Crippen LogP contribution in [0.3, 0.4) is 0 Å². The molecule has 0 bridgehead atoms. The van der Waals surface area contributed by atoms with Gasteiger partial charge in [0.15, 0.2) is 17.5 Å². The Balaban J connectivity index is 2.75. The molecule has 1 aromatic rings. The molecule has 0 aliphatic carbocycles. The average Bonchev–Trinajstić information content (AvgIpc) is 2.25. The molecular formula is C11H10F3NO. The van der Waals surface area contributed by atoms with E-state index >= 15 is 0 Å². The fourth-order valence-electron chi connectivity index (χ4n) is 1.10. The lowest BCUT2D eigenvalue weighted by molar-refractivity contribution is -0.116. The van der Waals surface area contributed by atoms with Gasteiger partial charge in [-0.05, 0) is 19.1 Å². The maximum Gasteiger partial charge on any atom is 0.243 e. The minimum atomic E-state index is -1.53. The van der Waals surface area contributed by atoms with Gasteiger partial charge >= 0.3 is 0 Å². The summed E-state index contributed by atoms with van der Waals surface area (Å²) in [5, 5.41) is 2.33. The van der Waals surface area contributed by atoms with Crippen molar-refractivity contribution in [3.63, 3.8) is 0 Å². The Morgan fingerprint density at radius 2 is 2.00 bits per heavy atom. The lowest BCUT2D eigenvalue weighted by atomic mass is 10.2. The van der Waals surface area contributed by atoms with Crippen LogP contribution in [0.1, 0.15) is 12.5 Å². The quantitative estimate of drug-likeness (QED) is 0.625. The van der Waals surface area contributed by atoms with Gasteiger partial charge in [-0.15, -0.1) is 0 Å². The van der Waals surface area contributed by atoms with Crippen molar-refractivity contribution in [1.29, 1.82) is 0 Å². The Morgan fingerprint density at radius 1 is 1.31 bits per heavy atom. The highest BCUT2D eigenvalue weighted by Gasteiger charge is 2.13. The number of carbonyl (C=O) groups is 1. The van der Waals surface area contributed by atoms with Gasteiger partial charge in [0.05, 0.1) is 0 Å². The summed E-state index contributed by atoms with van der Waals surface area (Å²) in [4.78, 5) is 11.0. The van der Waals surface area contributed by atoms with Crippen LogP contribution in [0.5, 0.6) is 0 Å². The zero-order chi connectivity index (χ0) is 12.1. The number of amides is 1. The van der Waals surface area contributed by atoms with Crippen LogP contribution >= 0.6 is 0 Å². The number of nitrogens with one attached hydrogen (secondary N) is 1. The monoisotopic (exact) mass is 229 g/mol. The first-order valence-corrected chi connectivity index (χ1v) is 4.59. The summed E-state index contributed by atoms with van der Waals surface area (Å²) in [6.45, 7) is 1.46. The number of hydrogen-bond donors (Lipinski definition) is 1. The van der Waals surface area contributed by atoms with Crippen molar-refractivity contribution in [3.05, 3.63) is 47.3 Å². The molecule has 0 saturated heterocycles. The Kier molecular flexibility index (Phi) is 4.10. The summed E-state index contributed by atoms with van der Waals surface area (Å²) in [6, 6.07) is 1.90. The van der Waals surface area contributed by atoms with E-state index in [9.17, 15) is 18.0 Å². The predicted molar refractivity (Wildman–Crippen MR) is 53.0 cm³/mol. The van der Waals surface area contributed by atoms with E-state index in [1.807, 2.05) is 0 Å². The van der Waals surface area contributed by atoms with E-state index in [2.05, 4.69) is 5.32 Å². The number of carbonyl (C=O) groups excluding carboxylic acids is 1. The third-order valence-corrected chi connectivity index (χ3v) is 1.89. The highest BCUT2D eigenvalue weighted by Crippen LogP contribution is 2.14. The number of benzene rings is 1. The largest absolute Gasteiger partial charge is 0.348 e. The SMILES string of the molecule is C/C=C/C(=O)NCc1ccc(F)c(F)c1F. The number of hydrogen-bond acceptors (Lipinski definition) is 1. The Bertz CT molecular complexity index is 429. The molecule has 1 aromatic carbocycles. The lowest BCUT2D eigenvalue weighted by Gasteiger charge is -2.05. The molecule has 1 rings (SSSR count). The molecule has 0 atom stereocenters. The third-order valence-electron chi connectivity index (χ3n) is 1.89.